The fourth-order valence-corrected chi connectivity index (χ4v) is 5.44. The monoisotopic (exact) mass is 431 g/mol. The molecule has 5 rings (SSSR count). The molecule has 4 nitrogen and oxygen atoms in total. The second-order valence-corrected chi connectivity index (χ2v) is 9.01. The van der Waals surface area contributed by atoms with Crippen LogP contribution in [0.3, 0.4) is 0 Å². The largest absolute Gasteiger partial charge is 0.395 e. The first-order valence-corrected chi connectivity index (χ1v) is 11.6. The third kappa shape index (κ3) is 4.33. The molecule has 2 saturated heterocycles. The molecular formula is C27H30FN3O. The number of nitrogens with zero attached hydrogens (tertiary/aromatic N) is 3. The van der Waals surface area contributed by atoms with Crippen molar-refractivity contribution in [2.75, 3.05) is 26.2 Å². The van der Waals surface area contributed by atoms with Crippen LogP contribution in [0.1, 0.15) is 29.9 Å². The molecule has 2 fully saturated rings. The molecule has 0 spiro atoms. The molecule has 1 aromatic heterocycles. The van der Waals surface area contributed by atoms with E-state index in [1.54, 1.807) is 0 Å². The first-order chi connectivity index (χ1) is 15.7. The lowest BCUT2D eigenvalue weighted by atomic mass is 9.74. The van der Waals surface area contributed by atoms with Gasteiger partial charge in [0.2, 0.25) is 0 Å². The molecule has 3 heterocycles. The van der Waals surface area contributed by atoms with E-state index in [0.717, 1.165) is 43.7 Å². The highest BCUT2D eigenvalue weighted by Crippen LogP contribution is 2.42. The van der Waals surface area contributed by atoms with Crippen molar-refractivity contribution in [3.8, 4) is 11.1 Å². The third-order valence-corrected chi connectivity index (χ3v) is 7.08. The standard InChI is InChI=1S/C27H30FN3O/c28-24-9-7-22(8-10-24)21-3-5-23(6-4-21)27-25-18-30(17-20-11-13-29-14-12-20)15-1-2-16-31(25)26(27)19-32/h3-14,25-27,32H,1-2,15-19H2/t25-,26+,27+/m0/s1. The number of pyridine rings is 1. The van der Waals surface area contributed by atoms with Gasteiger partial charge in [-0.3, -0.25) is 14.8 Å². The molecule has 0 aliphatic carbocycles. The highest BCUT2D eigenvalue weighted by atomic mass is 19.1. The minimum atomic E-state index is -0.216. The van der Waals surface area contributed by atoms with E-state index < -0.39 is 0 Å². The lowest BCUT2D eigenvalue weighted by Crippen LogP contribution is -2.67. The maximum Gasteiger partial charge on any atom is 0.123 e. The fraction of sp³-hybridized carbons (Fsp3) is 0.370. The van der Waals surface area contributed by atoms with Gasteiger partial charge in [0.1, 0.15) is 5.82 Å². The van der Waals surface area contributed by atoms with Crippen molar-refractivity contribution in [2.45, 2.75) is 37.4 Å². The van der Waals surface area contributed by atoms with Gasteiger partial charge in [0.15, 0.2) is 0 Å². The van der Waals surface area contributed by atoms with Crippen LogP contribution in [0.4, 0.5) is 4.39 Å². The predicted molar refractivity (Wildman–Crippen MR) is 125 cm³/mol. The highest BCUT2D eigenvalue weighted by Gasteiger charge is 2.48. The summed E-state index contributed by atoms with van der Waals surface area (Å²) < 4.78 is 13.3. The molecule has 1 N–H and O–H groups in total. The Morgan fingerprint density at radius 2 is 1.53 bits per heavy atom. The van der Waals surface area contributed by atoms with E-state index in [0.29, 0.717) is 12.0 Å². The summed E-state index contributed by atoms with van der Waals surface area (Å²) in [6.07, 6.45) is 6.07. The minimum Gasteiger partial charge on any atom is -0.395 e. The zero-order valence-electron chi connectivity index (χ0n) is 18.3. The van der Waals surface area contributed by atoms with E-state index in [1.165, 1.54) is 29.7 Å². The zero-order valence-corrected chi connectivity index (χ0v) is 18.3. The lowest BCUT2D eigenvalue weighted by Gasteiger charge is -2.57. The molecule has 2 aliphatic heterocycles. The van der Waals surface area contributed by atoms with Gasteiger partial charge in [-0.25, -0.2) is 4.39 Å². The maximum atomic E-state index is 13.3. The minimum absolute atomic E-state index is 0.178. The molecule has 2 aromatic carbocycles. The van der Waals surface area contributed by atoms with Crippen LogP contribution in [-0.4, -0.2) is 58.2 Å². The molecule has 166 valence electrons. The van der Waals surface area contributed by atoms with Crippen molar-refractivity contribution in [1.29, 1.82) is 0 Å². The van der Waals surface area contributed by atoms with Gasteiger partial charge < -0.3 is 5.11 Å². The van der Waals surface area contributed by atoms with Crippen LogP contribution >= 0.6 is 0 Å². The molecule has 0 amide bonds. The molecule has 3 atom stereocenters. The van der Waals surface area contributed by atoms with Crippen LogP contribution in [0.2, 0.25) is 0 Å². The normalized spacial score (nSPS) is 24.2. The zero-order chi connectivity index (χ0) is 21.9. The molecule has 0 radical (unpaired) electrons. The Morgan fingerprint density at radius 3 is 2.22 bits per heavy atom. The average Bonchev–Trinajstić information content (AvgIpc) is 2.81. The van der Waals surface area contributed by atoms with Gasteiger partial charge >= 0.3 is 0 Å². The van der Waals surface area contributed by atoms with Gasteiger partial charge in [-0.2, -0.15) is 0 Å². The van der Waals surface area contributed by atoms with Gasteiger partial charge in [0.25, 0.3) is 0 Å². The summed E-state index contributed by atoms with van der Waals surface area (Å²) in [6.45, 7) is 4.29. The smallest absolute Gasteiger partial charge is 0.123 e. The summed E-state index contributed by atoms with van der Waals surface area (Å²) >= 11 is 0. The molecular weight excluding hydrogens is 401 g/mol. The molecule has 0 saturated carbocycles. The second kappa shape index (κ2) is 9.49. The van der Waals surface area contributed by atoms with Crippen molar-refractivity contribution in [1.82, 2.24) is 14.8 Å². The number of aliphatic hydroxyl groups is 1. The summed E-state index contributed by atoms with van der Waals surface area (Å²) in [5.41, 5.74) is 4.68. The number of aliphatic hydroxyl groups excluding tert-OH is 1. The Morgan fingerprint density at radius 1 is 0.875 bits per heavy atom. The number of hydrogen-bond donors (Lipinski definition) is 1. The Balaban J connectivity index is 1.35. The fourth-order valence-electron chi connectivity index (χ4n) is 5.44. The Hall–Kier alpha value is -2.60. The SMILES string of the molecule is OC[C@@H]1[C@H](c2ccc(-c3ccc(F)cc3)cc2)[C@@H]2CN(Cc3ccncc3)CCCCN12. The van der Waals surface area contributed by atoms with Crippen LogP contribution in [0.15, 0.2) is 73.1 Å². The summed E-state index contributed by atoms with van der Waals surface area (Å²) in [6, 6.07) is 20.0. The van der Waals surface area contributed by atoms with E-state index >= 15 is 0 Å². The number of aromatic nitrogens is 1. The van der Waals surface area contributed by atoms with Gasteiger partial charge in [0.05, 0.1) is 6.61 Å². The van der Waals surface area contributed by atoms with Crippen LogP contribution in [0.25, 0.3) is 11.1 Å². The molecule has 2 aliphatic rings. The predicted octanol–water partition coefficient (Wildman–Crippen LogP) is 4.31. The van der Waals surface area contributed by atoms with Crippen LogP contribution in [0, 0.1) is 5.82 Å². The van der Waals surface area contributed by atoms with Crippen LogP contribution in [0.5, 0.6) is 0 Å². The van der Waals surface area contributed by atoms with Gasteiger partial charge in [0, 0.05) is 43.5 Å². The topological polar surface area (TPSA) is 39.6 Å². The Labute approximate surface area is 189 Å². The van der Waals surface area contributed by atoms with E-state index in [4.69, 9.17) is 0 Å². The molecule has 32 heavy (non-hydrogen) atoms. The van der Waals surface area contributed by atoms with Gasteiger partial charge in [-0.05, 0) is 72.5 Å². The average molecular weight is 432 g/mol. The van der Waals surface area contributed by atoms with Crippen LogP contribution < -0.4 is 0 Å². The molecule has 5 heteroatoms. The molecule has 0 bridgehead atoms. The van der Waals surface area contributed by atoms with Crippen molar-refractivity contribution in [3.63, 3.8) is 0 Å². The van der Waals surface area contributed by atoms with Gasteiger partial charge in [-0.1, -0.05) is 36.4 Å². The Bertz CT molecular complexity index is 1010. The van der Waals surface area contributed by atoms with E-state index in [9.17, 15) is 9.50 Å². The third-order valence-electron chi connectivity index (χ3n) is 7.08. The maximum absolute atomic E-state index is 13.3. The summed E-state index contributed by atoms with van der Waals surface area (Å²) in [4.78, 5) is 9.21. The van der Waals surface area contributed by atoms with Crippen molar-refractivity contribution < 1.29 is 9.50 Å². The van der Waals surface area contributed by atoms with Crippen LogP contribution in [-0.2, 0) is 6.54 Å². The highest BCUT2D eigenvalue weighted by molar-refractivity contribution is 5.63. The summed E-state index contributed by atoms with van der Waals surface area (Å²) in [7, 11) is 0. The first kappa shape index (κ1) is 21.3. The van der Waals surface area contributed by atoms with Crippen molar-refractivity contribution in [3.05, 3.63) is 90.0 Å². The van der Waals surface area contributed by atoms with Crippen molar-refractivity contribution in [2.24, 2.45) is 0 Å². The number of benzene rings is 2. The summed E-state index contributed by atoms with van der Waals surface area (Å²) in [5.74, 6) is 0.103. The van der Waals surface area contributed by atoms with Gasteiger partial charge in [-0.15, -0.1) is 0 Å². The van der Waals surface area contributed by atoms with E-state index in [1.807, 2.05) is 24.5 Å². The molecule has 3 aromatic rings. The quantitative estimate of drug-likeness (QED) is 0.653. The first-order valence-electron chi connectivity index (χ1n) is 11.6. The number of fused-ring (bicyclic) bond motifs is 1. The number of hydrogen-bond acceptors (Lipinski definition) is 4. The number of halogens is 1. The lowest BCUT2D eigenvalue weighted by molar-refractivity contribution is -0.0655. The second-order valence-electron chi connectivity index (χ2n) is 9.01. The van der Waals surface area contributed by atoms with E-state index in [-0.39, 0.29) is 18.5 Å². The summed E-state index contributed by atoms with van der Waals surface area (Å²) in [5, 5.41) is 10.2. The number of rotatable bonds is 5. The van der Waals surface area contributed by atoms with Crippen molar-refractivity contribution >= 4 is 0 Å². The molecule has 0 unspecified atom stereocenters. The van der Waals surface area contributed by atoms with E-state index in [2.05, 4.69) is 51.2 Å². The Kier molecular flexibility index (Phi) is 6.30.